The molecule has 0 radical (unpaired) electrons. The van der Waals surface area contributed by atoms with Gasteiger partial charge in [-0.05, 0) is 48.7 Å². The zero-order valence-electron chi connectivity index (χ0n) is 17.0. The van der Waals surface area contributed by atoms with Gasteiger partial charge in [0.1, 0.15) is 18.5 Å². The van der Waals surface area contributed by atoms with Crippen LogP contribution in [0.2, 0.25) is 5.02 Å². The Kier molecular flexibility index (Phi) is 7.16. The van der Waals surface area contributed by atoms with E-state index in [1.165, 1.54) is 0 Å². The summed E-state index contributed by atoms with van der Waals surface area (Å²) in [6.07, 6.45) is 3.62. The van der Waals surface area contributed by atoms with Gasteiger partial charge in [0.05, 0.1) is 0 Å². The number of rotatable bonds is 9. The van der Waals surface area contributed by atoms with Crippen LogP contribution < -0.4 is 4.74 Å². The van der Waals surface area contributed by atoms with Gasteiger partial charge in [-0.25, -0.2) is 4.79 Å². The van der Waals surface area contributed by atoms with E-state index in [1.807, 2.05) is 36.4 Å². The second kappa shape index (κ2) is 9.80. The average Bonchev–Trinajstić information content (AvgIpc) is 2.71. The number of unbranched alkanes of at least 4 members (excludes halogenated alkanes) is 2. The van der Waals surface area contributed by atoms with Crippen molar-refractivity contribution in [1.29, 1.82) is 0 Å². The maximum Gasteiger partial charge on any atom is 0.333 e. The number of fused-ring (bicyclic) bond motifs is 2. The number of hydrogen-bond donors (Lipinski definition) is 0. The standard InChI is InChI=1S/C25H27ClO3/c1-4-5-6-10-21(29-25(27)17(2)3)16-28-24-22-11-8-7-9-18(22)14-19-12-13-20(26)15-23(19)24/h7-9,11-15,21H,2,4-6,10,16H2,1,3H3. The molecule has 3 rings (SSSR count). The number of esters is 1. The van der Waals surface area contributed by atoms with E-state index in [-0.39, 0.29) is 12.1 Å². The summed E-state index contributed by atoms with van der Waals surface area (Å²) in [6.45, 7) is 7.78. The van der Waals surface area contributed by atoms with Crippen molar-refractivity contribution in [1.82, 2.24) is 0 Å². The lowest BCUT2D eigenvalue weighted by atomic mass is 10.0. The molecule has 0 aliphatic carbocycles. The Balaban J connectivity index is 1.91. The van der Waals surface area contributed by atoms with Crippen molar-refractivity contribution in [3.63, 3.8) is 0 Å². The molecule has 1 unspecified atom stereocenters. The summed E-state index contributed by atoms with van der Waals surface area (Å²) in [5.74, 6) is 0.397. The number of carbonyl (C=O) groups is 1. The molecule has 29 heavy (non-hydrogen) atoms. The highest BCUT2D eigenvalue weighted by atomic mass is 35.5. The summed E-state index contributed by atoms with van der Waals surface area (Å²) in [7, 11) is 0. The van der Waals surface area contributed by atoms with Crippen molar-refractivity contribution < 1.29 is 14.3 Å². The maximum atomic E-state index is 12.1. The molecule has 0 aliphatic rings. The quantitative estimate of drug-likeness (QED) is 0.163. The van der Waals surface area contributed by atoms with E-state index < -0.39 is 0 Å². The first-order chi connectivity index (χ1) is 14.0. The Morgan fingerprint density at radius 3 is 2.59 bits per heavy atom. The highest BCUT2D eigenvalue weighted by molar-refractivity contribution is 6.31. The zero-order valence-corrected chi connectivity index (χ0v) is 17.8. The molecule has 0 aliphatic heterocycles. The lowest BCUT2D eigenvalue weighted by Crippen LogP contribution is -2.25. The van der Waals surface area contributed by atoms with Crippen LogP contribution in [0.5, 0.6) is 5.75 Å². The third kappa shape index (κ3) is 5.30. The van der Waals surface area contributed by atoms with Crippen molar-refractivity contribution in [2.45, 2.75) is 45.6 Å². The summed E-state index contributed by atoms with van der Waals surface area (Å²) in [5, 5.41) is 4.78. The summed E-state index contributed by atoms with van der Waals surface area (Å²) >= 11 is 6.26. The van der Waals surface area contributed by atoms with Crippen molar-refractivity contribution in [3.8, 4) is 5.75 Å². The summed E-state index contributed by atoms with van der Waals surface area (Å²) in [5.41, 5.74) is 0.396. The monoisotopic (exact) mass is 410 g/mol. The largest absolute Gasteiger partial charge is 0.488 e. The van der Waals surface area contributed by atoms with Gasteiger partial charge < -0.3 is 9.47 Å². The molecule has 0 spiro atoms. The molecule has 0 saturated carbocycles. The van der Waals surface area contributed by atoms with E-state index in [0.29, 0.717) is 17.2 Å². The van der Waals surface area contributed by atoms with Gasteiger partial charge >= 0.3 is 5.97 Å². The smallest absolute Gasteiger partial charge is 0.333 e. The number of halogens is 1. The first-order valence-corrected chi connectivity index (χ1v) is 10.5. The lowest BCUT2D eigenvalue weighted by Gasteiger charge is -2.20. The number of carbonyl (C=O) groups excluding carboxylic acids is 1. The minimum absolute atomic E-state index is 0.290. The van der Waals surface area contributed by atoms with Gasteiger partial charge in [0.15, 0.2) is 0 Å². The van der Waals surface area contributed by atoms with Crippen LogP contribution in [0.3, 0.4) is 0 Å². The Bertz CT molecular complexity index is 1030. The molecule has 0 amide bonds. The van der Waals surface area contributed by atoms with Gasteiger partial charge in [-0.1, -0.05) is 68.3 Å². The van der Waals surface area contributed by atoms with E-state index in [2.05, 4.69) is 25.6 Å². The van der Waals surface area contributed by atoms with Crippen molar-refractivity contribution in [3.05, 3.63) is 65.7 Å². The molecule has 0 bridgehead atoms. The van der Waals surface area contributed by atoms with E-state index in [4.69, 9.17) is 21.1 Å². The summed E-state index contributed by atoms with van der Waals surface area (Å²) < 4.78 is 11.9. The molecule has 4 heteroatoms. The van der Waals surface area contributed by atoms with Crippen LogP contribution in [-0.4, -0.2) is 18.7 Å². The first kappa shape index (κ1) is 21.2. The number of ether oxygens (including phenoxy) is 2. The normalized spacial score (nSPS) is 12.1. The third-order valence-electron chi connectivity index (χ3n) is 4.94. The third-order valence-corrected chi connectivity index (χ3v) is 5.18. The molecule has 152 valence electrons. The molecule has 3 nitrogen and oxygen atoms in total. The second-order valence-electron chi connectivity index (χ2n) is 7.41. The number of benzene rings is 3. The summed E-state index contributed by atoms with van der Waals surface area (Å²) in [6, 6.07) is 16.0. The lowest BCUT2D eigenvalue weighted by molar-refractivity contribution is -0.146. The van der Waals surface area contributed by atoms with E-state index in [9.17, 15) is 4.79 Å². The van der Waals surface area contributed by atoms with Gasteiger partial charge in [-0.3, -0.25) is 0 Å². The molecule has 0 N–H and O–H groups in total. The Morgan fingerprint density at radius 2 is 1.83 bits per heavy atom. The Labute approximate surface area is 177 Å². The Morgan fingerprint density at radius 1 is 1.07 bits per heavy atom. The van der Waals surface area contributed by atoms with Crippen molar-refractivity contribution in [2.75, 3.05) is 6.61 Å². The van der Waals surface area contributed by atoms with Gasteiger partial charge in [0, 0.05) is 21.4 Å². The molecule has 0 saturated heterocycles. The van der Waals surface area contributed by atoms with Crippen LogP contribution in [0.4, 0.5) is 0 Å². The van der Waals surface area contributed by atoms with Crippen LogP contribution in [-0.2, 0) is 9.53 Å². The topological polar surface area (TPSA) is 35.5 Å². The SMILES string of the molecule is C=C(C)C(=O)OC(CCCCC)COc1c2ccccc2cc2ccc(Cl)cc12. The van der Waals surface area contributed by atoms with Gasteiger partial charge in [0.2, 0.25) is 0 Å². The van der Waals surface area contributed by atoms with Crippen molar-refractivity contribution >= 4 is 39.1 Å². The van der Waals surface area contributed by atoms with Crippen LogP contribution in [0.25, 0.3) is 21.5 Å². The molecule has 0 heterocycles. The maximum absolute atomic E-state index is 12.1. The fourth-order valence-electron chi connectivity index (χ4n) is 3.38. The second-order valence-corrected chi connectivity index (χ2v) is 7.84. The first-order valence-electron chi connectivity index (χ1n) is 10.1. The van der Waals surface area contributed by atoms with Gasteiger partial charge in [-0.2, -0.15) is 0 Å². The van der Waals surface area contributed by atoms with Crippen LogP contribution in [0.1, 0.15) is 39.5 Å². The molecule has 0 fully saturated rings. The predicted octanol–water partition coefficient (Wildman–Crippen LogP) is 7.09. The van der Waals surface area contributed by atoms with Gasteiger partial charge in [-0.15, -0.1) is 0 Å². The molecular formula is C25H27ClO3. The molecule has 3 aromatic rings. The number of hydrogen-bond acceptors (Lipinski definition) is 3. The minimum atomic E-state index is -0.374. The molecular weight excluding hydrogens is 384 g/mol. The Hall–Kier alpha value is -2.52. The fraction of sp³-hybridized carbons (Fsp3) is 0.320. The van der Waals surface area contributed by atoms with Crippen molar-refractivity contribution in [2.24, 2.45) is 0 Å². The molecule has 1 atom stereocenters. The van der Waals surface area contributed by atoms with Crippen LogP contribution in [0.15, 0.2) is 60.7 Å². The van der Waals surface area contributed by atoms with Crippen LogP contribution in [0, 0.1) is 0 Å². The minimum Gasteiger partial charge on any atom is -0.488 e. The van der Waals surface area contributed by atoms with E-state index in [0.717, 1.165) is 53.0 Å². The predicted molar refractivity (Wildman–Crippen MR) is 121 cm³/mol. The fourth-order valence-corrected chi connectivity index (χ4v) is 3.55. The van der Waals surface area contributed by atoms with E-state index >= 15 is 0 Å². The molecule has 0 aromatic heterocycles. The highest BCUT2D eigenvalue weighted by Gasteiger charge is 2.18. The average molecular weight is 411 g/mol. The molecule has 3 aromatic carbocycles. The van der Waals surface area contributed by atoms with Crippen LogP contribution >= 0.6 is 11.6 Å². The zero-order chi connectivity index (χ0) is 20.8. The summed E-state index contributed by atoms with van der Waals surface area (Å²) in [4.78, 5) is 12.1. The highest BCUT2D eigenvalue weighted by Crippen LogP contribution is 2.36. The van der Waals surface area contributed by atoms with E-state index in [1.54, 1.807) is 6.92 Å². The van der Waals surface area contributed by atoms with Gasteiger partial charge in [0.25, 0.3) is 0 Å².